The summed E-state index contributed by atoms with van der Waals surface area (Å²) in [5, 5.41) is 12.3. The molecule has 0 heterocycles. The molecular weight excluding hydrogens is 204 g/mol. The second kappa shape index (κ2) is 5.09. The van der Waals surface area contributed by atoms with Gasteiger partial charge in [-0.2, -0.15) is 0 Å². The van der Waals surface area contributed by atoms with Crippen LogP contribution in [0.4, 0.5) is 0 Å². The minimum absolute atomic E-state index is 0.0580. The molecule has 4 heteroatoms. The third kappa shape index (κ3) is 3.64. The van der Waals surface area contributed by atoms with E-state index in [0.29, 0.717) is 12.1 Å². The molecule has 16 heavy (non-hydrogen) atoms. The van der Waals surface area contributed by atoms with Crippen LogP contribution in [0.15, 0.2) is 24.3 Å². The molecule has 0 bridgehead atoms. The van der Waals surface area contributed by atoms with E-state index in [0.717, 1.165) is 5.56 Å². The highest BCUT2D eigenvalue weighted by atomic mass is 16.3. The number of aliphatic hydroxyl groups is 1. The molecule has 1 rings (SSSR count). The van der Waals surface area contributed by atoms with Crippen LogP contribution >= 0.6 is 0 Å². The number of hydrogen-bond acceptors (Lipinski definition) is 3. The summed E-state index contributed by atoms with van der Waals surface area (Å²) in [4.78, 5) is 11.0. The molecule has 4 nitrogen and oxygen atoms in total. The summed E-state index contributed by atoms with van der Waals surface area (Å²) < 4.78 is 0. The lowest BCUT2D eigenvalue weighted by Gasteiger charge is -2.23. The van der Waals surface area contributed by atoms with E-state index in [1.165, 1.54) is 0 Å². The van der Waals surface area contributed by atoms with Crippen molar-refractivity contribution in [1.29, 1.82) is 0 Å². The van der Waals surface area contributed by atoms with E-state index < -0.39 is 5.91 Å². The second-order valence-electron chi connectivity index (χ2n) is 4.46. The second-order valence-corrected chi connectivity index (χ2v) is 4.46. The normalized spacial score (nSPS) is 11.4. The molecule has 0 radical (unpaired) electrons. The van der Waals surface area contributed by atoms with Crippen LogP contribution in [0.2, 0.25) is 0 Å². The van der Waals surface area contributed by atoms with Crippen LogP contribution in [-0.4, -0.2) is 23.2 Å². The Balaban J connectivity index is 2.68. The smallest absolute Gasteiger partial charge is 0.248 e. The first-order chi connectivity index (χ1) is 7.44. The summed E-state index contributed by atoms with van der Waals surface area (Å²) >= 11 is 0. The van der Waals surface area contributed by atoms with E-state index in [1.807, 2.05) is 19.9 Å². The standard InChI is InChI=1S/C12H18N2O2/c1-12(2,8-15)14-7-9-4-3-5-10(6-9)11(13)16/h3-6,14-15H,7-8H2,1-2H3,(H2,13,16). The summed E-state index contributed by atoms with van der Waals surface area (Å²) in [5.74, 6) is -0.428. The van der Waals surface area contributed by atoms with E-state index >= 15 is 0 Å². The van der Waals surface area contributed by atoms with Crippen molar-refractivity contribution in [3.05, 3.63) is 35.4 Å². The molecule has 1 amide bonds. The maximum Gasteiger partial charge on any atom is 0.248 e. The molecule has 0 saturated carbocycles. The summed E-state index contributed by atoms with van der Waals surface area (Å²) in [6.07, 6.45) is 0. The monoisotopic (exact) mass is 222 g/mol. The highest BCUT2D eigenvalue weighted by Gasteiger charge is 2.14. The number of amides is 1. The van der Waals surface area contributed by atoms with Gasteiger partial charge >= 0.3 is 0 Å². The Labute approximate surface area is 95.5 Å². The fraction of sp³-hybridized carbons (Fsp3) is 0.417. The van der Waals surface area contributed by atoms with Crippen LogP contribution in [0.1, 0.15) is 29.8 Å². The summed E-state index contributed by atoms with van der Waals surface area (Å²) in [6.45, 7) is 4.47. The number of carbonyl (C=O) groups is 1. The Hall–Kier alpha value is -1.39. The van der Waals surface area contributed by atoms with Gasteiger partial charge in [0.2, 0.25) is 5.91 Å². The van der Waals surface area contributed by atoms with Gasteiger partial charge in [-0.05, 0) is 31.5 Å². The van der Waals surface area contributed by atoms with Gasteiger partial charge in [-0.15, -0.1) is 0 Å². The Bertz CT molecular complexity index is 375. The van der Waals surface area contributed by atoms with Gasteiger partial charge in [0, 0.05) is 17.6 Å². The van der Waals surface area contributed by atoms with Crippen molar-refractivity contribution in [2.75, 3.05) is 6.61 Å². The van der Waals surface area contributed by atoms with Crippen molar-refractivity contribution in [2.45, 2.75) is 25.9 Å². The maximum atomic E-state index is 11.0. The van der Waals surface area contributed by atoms with Crippen LogP contribution in [0.5, 0.6) is 0 Å². The fourth-order valence-electron chi connectivity index (χ4n) is 1.23. The first-order valence-electron chi connectivity index (χ1n) is 5.19. The number of benzene rings is 1. The molecule has 0 aliphatic heterocycles. The van der Waals surface area contributed by atoms with Gasteiger partial charge in [-0.1, -0.05) is 12.1 Å². The number of nitrogens with one attached hydrogen (secondary N) is 1. The summed E-state index contributed by atoms with van der Waals surface area (Å²) in [7, 11) is 0. The quantitative estimate of drug-likeness (QED) is 0.684. The predicted molar refractivity (Wildman–Crippen MR) is 63.0 cm³/mol. The molecule has 0 unspecified atom stereocenters. The number of nitrogens with two attached hydrogens (primary N) is 1. The third-order valence-electron chi connectivity index (χ3n) is 2.38. The Morgan fingerprint density at radius 3 is 2.75 bits per heavy atom. The zero-order chi connectivity index (χ0) is 12.2. The minimum atomic E-state index is -0.428. The minimum Gasteiger partial charge on any atom is -0.394 e. The highest BCUT2D eigenvalue weighted by molar-refractivity contribution is 5.92. The van der Waals surface area contributed by atoms with Gasteiger partial charge in [0.25, 0.3) is 0 Å². The lowest BCUT2D eigenvalue weighted by atomic mass is 10.1. The number of carbonyl (C=O) groups excluding carboxylic acids is 1. The average molecular weight is 222 g/mol. The highest BCUT2D eigenvalue weighted by Crippen LogP contribution is 2.07. The zero-order valence-corrected chi connectivity index (χ0v) is 9.66. The maximum absolute atomic E-state index is 11.0. The zero-order valence-electron chi connectivity index (χ0n) is 9.66. The Morgan fingerprint density at radius 2 is 2.19 bits per heavy atom. The molecule has 0 aliphatic rings. The van der Waals surface area contributed by atoms with Crippen LogP contribution in [0.3, 0.4) is 0 Å². The predicted octanol–water partition coefficient (Wildman–Crippen LogP) is 0.646. The largest absolute Gasteiger partial charge is 0.394 e. The Morgan fingerprint density at radius 1 is 1.50 bits per heavy atom. The molecular formula is C12H18N2O2. The van der Waals surface area contributed by atoms with E-state index in [9.17, 15) is 4.79 Å². The number of aliphatic hydroxyl groups excluding tert-OH is 1. The van der Waals surface area contributed by atoms with Gasteiger partial charge < -0.3 is 16.2 Å². The lowest BCUT2D eigenvalue weighted by Crippen LogP contribution is -2.42. The van der Waals surface area contributed by atoms with Gasteiger partial charge in [0.05, 0.1) is 6.61 Å². The first-order valence-corrected chi connectivity index (χ1v) is 5.19. The number of primary amides is 1. The van der Waals surface area contributed by atoms with E-state index in [4.69, 9.17) is 10.8 Å². The number of rotatable bonds is 5. The topological polar surface area (TPSA) is 75.3 Å². The van der Waals surface area contributed by atoms with Gasteiger partial charge in [-0.3, -0.25) is 4.79 Å². The van der Waals surface area contributed by atoms with Crippen molar-refractivity contribution in [2.24, 2.45) is 5.73 Å². The van der Waals surface area contributed by atoms with Gasteiger partial charge in [0.1, 0.15) is 0 Å². The van der Waals surface area contributed by atoms with E-state index in [2.05, 4.69) is 5.32 Å². The molecule has 4 N–H and O–H groups in total. The fourth-order valence-corrected chi connectivity index (χ4v) is 1.23. The average Bonchev–Trinajstić information content (AvgIpc) is 2.27. The molecule has 0 aliphatic carbocycles. The molecule has 1 aromatic carbocycles. The van der Waals surface area contributed by atoms with Crippen LogP contribution < -0.4 is 11.1 Å². The first kappa shape index (κ1) is 12.7. The van der Waals surface area contributed by atoms with Crippen molar-refractivity contribution in [1.82, 2.24) is 5.32 Å². The van der Waals surface area contributed by atoms with Crippen LogP contribution in [-0.2, 0) is 6.54 Å². The summed E-state index contributed by atoms with van der Waals surface area (Å²) in [6, 6.07) is 7.14. The van der Waals surface area contributed by atoms with Crippen molar-refractivity contribution >= 4 is 5.91 Å². The molecule has 0 aromatic heterocycles. The molecule has 0 spiro atoms. The lowest BCUT2D eigenvalue weighted by molar-refractivity contribution is 0.1000. The number of hydrogen-bond donors (Lipinski definition) is 3. The van der Waals surface area contributed by atoms with E-state index in [-0.39, 0.29) is 12.1 Å². The van der Waals surface area contributed by atoms with E-state index in [1.54, 1.807) is 18.2 Å². The van der Waals surface area contributed by atoms with Crippen LogP contribution in [0.25, 0.3) is 0 Å². The third-order valence-corrected chi connectivity index (χ3v) is 2.38. The van der Waals surface area contributed by atoms with Crippen molar-refractivity contribution in [3.63, 3.8) is 0 Å². The molecule has 0 saturated heterocycles. The van der Waals surface area contributed by atoms with Gasteiger partial charge in [-0.25, -0.2) is 0 Å². The summed E-state index contributed by atoms with van der Waals surface area (Å²) in [5.41, 5.74) is 6.33. The van der Waals surface area contributed by atoms with Crippen molar-refractivity contribution < 1.29 is 9.90 Å². The molecule has 1 aromatic rings. The Kier molecular flexibility index (Phi) is 4.04. The SMILES string of the molecule is CC(C)(CO)NCc1cccc(C(N)=O)c1. The molecule has 0 fully saturated rings. The molecule has 88 valence electrons. The van der Waals surface area contributed by atoms with Crippen LogP contribution in [0, 0.1) is 0 Å². The molecule has 0 atom stereocenters. The van der Waals surface area contributed by atoms with Gasteiger partial charge in [0.15, 0.2) is 0 Å². The van der Waals surface area contributed by atoms with Crippen molar-refractivity contribution in [3.8, 4) is 0 Å².